The fourth-order valence-electron chi connectivity index (χ4n) is 1.88. The Morgan fingerprint density at radius 2 is 1.76 bits per heavy atom. The van der Waals surface area contributed by atoms with E-state index >= 15 is 0 Å². The molecule has 0 aromatic heterocycles. The molecule has 0 spiro atoms. The van der Waals surface area contributed by atoms with Crippen molar-refractivity contribution in [1.82, 2.24) is 4.72 Å². The Morgan fingerprint density at radius 1 is 1.12 bits per heavy atom. The molecule has 8 heteroatoms. The molecule has 0 heterocycles. The fraction of sp³-hybridized carbons (Fsp3) is 0.235. The second-order valence-corrected chi connectivity index (χ2v) is 7.22. The van der Waals surface area contributed by atoms with Crippen molar-refractivity contribution < 1.29 is 22.7 Å². The number of carbonyl (C=O) groups excluding carboxylic acids is 1. The first-order chi connectivity index (χ1) is 11.9. The number of amides is 1. The average Bonchev–Trinajstić information content (AvgIpc) is 2.59. The summed E-state index contributed by atoms with van der Waals surface area (Å²) in [6.07, 6.45) is -1.90. The van der Waals surface area contributed by atoms with Gasteiger partial charge in [-0.15, -0.1) is 11.6 Å². The Hall–Kier alpha value is -2.25. The fourth-order valence-corrected chi connectivity index (χ4v) is 2.91. The van der Waals surface area contributed by atoms with Crippen LogP contribution >= 0.6 is 11.6 Å². The van der Waals surface area contributed by atoms with Crippen LogP contribution in [0.25, 0.3) is 0 Å². The van der Waals surface area contributed by atoms with E-state index in [2.05, 4.69) is 0 Å². The molecule has 0 aliphatic rings. The number of hydrogen-bond acceptors (Lipinski definition) is 5. The molecule has 2 rings (SSSR count). The Bertz CT molecular complexity index is 794. The molecule has 1 amide bonds. The lowest BCUT2D eigenvalue weighted by Gasteiger charge is -2.16. The van der Waals surface area contributed by atoms with Crippen LogP contribution in [0.2, 0.25) is 0 Å². The number of ether oxygens (including phenoxy) is 2. The van der Waals surface area contributed by atoms with E-state index in [1.54, 1.807) is 36.4 Å². The van der Waals surface area contributed by atoms with Gasteiger partial charge >= 0.3 is 6.09 Å². The van der Waals surface area contributed by atoms with Crippen LogP contribution in [0.5, 0.6) is 5.75 Å². The second-order valence-electron chi connectivity index (χ2n) is 5.22. The number of aryl methyl sites for hydroxylation is 1. The van der Waals surface area contributed by atoms with Crippen LogP contribution in [0.15, 0.2) is 59.5 Å². The summed E-state index contributed by atoms with van der Waals surface area (Å²) in [5, 5.41) is 0. The number of hydrogen-bond donors (Lipinski definition) is 1. The van der Waals surface area contributed by atoms with Gasteiger partial charge in [0, 0.05) is 0 Å². The minimum Gasteiger partial charge on any atom is -0.490 e. The molecule has 0 fully saturated rings. The third-order valence-corrected chi connectivity index (χ3v) is 4.85. The molecule has 1 N–H and O–H groups in total. The van der Waals surface area contributed by atoms with E-state index in [0.717, 1.165) is 5.56 Å². The summed E-state index contributed by atoms with van der Waals surface area (Å²) in [7, 11) is -4.01. The molecule has 134 valence electrons. The number of rotatable bonds is 7. The van der Waals surface area contributed by atoms with Crippen molar-refractivity contribution in [1.29, 1.82) is 0 Å². The quantitative estimate of drug-likeness (QED) is 0.743. The molecule has 25 heavy (non-hydrogen) atoms. The van der Waals surface area contributed by atoms with Crippen LogP contribution in [-0.2, 0) is 14.8 Å². The summed E-state index contributed by atoms with van der Waals surface area (Å²) >= 11 is 5.75. The standard InChI is InChI=1S/C17H18ClNO5S/c1-13-7-9-16(10-8-13)25(21,22)19-17(20)24-15(11-18)12-23-14-5-3-2-4-6-14/h2-10,15H,11-12H2,1H3,(H,19,20)/t15-/m1/s1. The van der Waals surface area contributed by atoms with E-state index in [-0.39, 0.29) is 17.4 Å². The first-order valence-corrected chi connectivity index (χ1v) is 9.46. The highest BCUT2D eigenvalue weighted by Gasteiger charge is 2.21. The molecule has 0 saturated heterocycles. The van der Waals surface area contributed by atoms with Crippen LogP contribution in [0, 0.1) is 6.92 Å². The molecule has 0 unspecified atom stereocenters. The lowest BCUT2D eigenvalue weighted by Crippen LogP contribution is -2.36. The van der Waals surface area contributed by atoms with Crippen LogP contribution in [0.1, 0.15) is 5.56 Å². The van der Waals surface area contributed by atoms with Gasteiger partial charge in [-0.2, -0.15) is 0 Å². The Balaban J connectivity index is 1.91. The molecular weight excluding hydrogens is 366 g/mol. The van der Waals surface area contributed by atoms with Gasteiger partial charge in [-0.05, 0) is 31.2 Å². The van der Waals surface area contributed by atoms with E-state index in [9.17, 15) is 13.2 Å². The topological polar surface area (TPSA) is 81.7 Å². The number of carbonyl (C=O) groups is 1. The van der Waals surface area contributed by atoms with E-state index in [4.69, 9.17) is 21.1 Å². The summed E-state index contributed by atoms with van der Waals surface area (Å²) in [6.45, 7) is 1.83. The van der Waals surface area contributed by atoms with Gasteiger partial charge in [0.05, 0.1) is 10.8 Å². The molecule has 1 atom stereocenters. The first-order valence-electron chi connectivity index (χ1n) is 7.44. The van der Waals surface area contributed by atoms with Gasteiger partial charge in [-0.25, -0.2) is 17.9 Å². The molecule has 2 aromatic rings. The minimum absolute atomic E-state index is 0.00547. The minimum atomic E-state index is -4.01. The number of sulfonamides is 1. The number of halogens is 1. The zero-order chi connectivity index (χ0) is 18.3. The Morgan fingerprint density at radius 3 is 2.36 bits per heavy atom. The van der Waals surface area contributed by atoms with Crippen molar-refractivity contribution in [3.05, 3.63) is 60.2 Å². The van der Waals surface area contributed by atoms with E-state index < -0.39 is 22.2 Å². The average molecular weight is 384 g/mol. The van der Waals surface area contributed by atoms with Crippen molar-refractivity contribution in [2.45, 2.75) is 17.9 Å². The number of alkyl halides is 1. The summed E-state index contributed by atoms with van der Waals surface area (Å²) in [5.74, 6) is 0.555. The van der Waals surface area contributed by atoms with Crippen molar-refractivity contribution in [2.24, 2.45) is 0 Å². The molecule has 0 saturated carbocycles. The summed E-state index contributed by atoms with van der Waals surface area (Å²) in [4.78, 5) is 11.8. The van der Waals surface area contributed by atoms with Gasteiger partial charge in [0.25, 0.3) is 10.0 Å². The monoisotopic (exact) mass is 383 g/mol. The molecule has 0 bridgehead atoms. The highest BCUT2D eigenvalue weighted by Crippen LogP contribution is 2.12. The molecular formula is C17H18ClNO5S. The van der Waals surface area contributed by atoms with Gasteiger partial charge in [-0.1, -0.05) is 35.9 Å². The van der Waals surface area contributed by atoms with E-state index in [0.29, 0.717) is 5.75 Å². The molecule has 2 aromatic carbocycles. The Labute approximate surface area is 151 Å². The molecule has 0 aliphatic heterocycles. The number of nitrogens with one attached hydrogen (secondary N) is 1. The smallest absolute Gasteiger partial charge is 0.421 e. The van der Waals surface area contributed by atoms with E-state index in [1.807, 2.05) is 17.7 Å². The first kappa shape index (κ1) is 19.1. The highest BCUT2D eigenvalue weighted by molar-refractivity contribution is 7.90. The van der Waals surface area contributed by atoms with Crippen LogP contribution in [0.3, 0.4) is 0 Å². The van der Waals surface area contributed by atoms with Crippen molar-refractivity contribution in [2.75, 3.05) is 12.5 Å². The van der Waals surface area contributed by atoms with Crippen molar-refractivity contribution >= 4 is 27.7 Å². The maximum absolute atomic E-state index is 12.1. The highest BCUT2D eigenvalue weighted by atomic mass is 35.5. The van der Waals surface area contributed by atoms with E-state index in [1.165, 1.54) is 12.1 Å². The van der Waals surface area contributed by atoms with Gasteiger partial charge in [0.2, 0.25) is 0 Å². The Kier molecular flexibility index (Phi) is 6.66. The third-order valence-electron chi connectivity index (χ3n) is 3.17. The second kappa shape index (κ2) is 8.73. The summed E-state index contributed by atoms with van der Waals surface area (Å²) < 4.78 is 36.6. The molecule has 0 aliphatic carbocycles. The van der Waals surface area contributed by atoms with Gasteiger partial charge in [-0.3, -0.25) is 0 Å². The van der Waals surface area contributed by atoms with Gasteiger partial charge in [0.1, 0.15) is 12.4 Å². The number of benzene rings is 2. The van der Waals surface area contributed by atoms with Crippen LogP contribution < -0.4 is 9.46 Å². The predicted molar refractivity (Wildman–Crippen MR) is 94.4 cm³/mol. The maximum Gasteiger partial charge on any atom is 0.421 e. The third kappa shape index (κ3) is 5.95. The van der Waals surface area contributed by atoms with Crippen LogP contribution in [-0.4, -0.2) is 33.1 Å². The van der Waals surface area contributed by atoms with Crippen molar-refractivity contribution in [3.63, 3.8) is 0 Å². The summed E-state index contributed by atoms with van der Waals surface area (Å²) in [6, 6.07) is 15.0. The number of para-hydroxylation sites is 1. The molecule has 0 radical (unpaired) electrons. The van der Waals surface area contributed by atoms with Crippen molar-refractivity contribution in [3.8, 4) is 5.75 Å². The maximum atomic E-state index is 12.1. The lowest BCUT2D eigenvalue weighted by molar-refractivity contribution is 0.0813. The molecule has 6 nitrogen and oxygen atoms in total. The largest absolute Gasteiger partial charge is 0.490 e. The van der Waals surface area contributed by atoms with Gasteiger partial charge in [0.15, 0.2) is 6.10 Å². The normalized spacial score (nSPS) is 12.2. The zero-order valence-corrected chi connectivity index (χ0v) is 15.1. The lowest BCUT2D eigenvalue weighted by atomic mass is 10.2. The zero-order valence-electron chi connectivity index (χ0n) is 13.5. The van der Waals surface area contributed by atoms with Crippen LogP contribution in [0.4, 0.5) is 4.79 Å². The van der Waals surface area contributed by atoms with Gasteiger partial charge < -0.3 is 9.47 Å². The summed E-state index contributed by atoms with van der Waals surface area (Å²) in [5.41, 5.74) is 0.904. The predicted octanol–water partition coefficient (Wildman–Crippen LogP) is 3.10. The SMILES string of the molecule is Cc1ccc(S(=O)(=O)NC(=O)O[C@H](CCl)COc2ccccc2)cc1.